The van der Waals surface area contributed by atoms with Gasteiger partial charge in [-0.15, -0.1) is 12.4 Å². The summed E-state index contributed by atoms with van der Waals surface area (Å²) in [6.07, 6.45) is 0.900. The Morgan fingerprint density at radius 2 is 1.66 bits per heavy atom. The van der Waals surface area contributed by atoms with E-state index in [0.717, 1.165) is 45.0 Å². The number of carbonyl (C=O) groups excluding carboxylic acids is 1. The van der Waals surface area contributed by atoms with Crippen LogP contribution in [0.5, 0.6) is 0 Å². The van der Waals surface area contributed by atoms with Gasteiger partial charge in [0.25, 0.3) is 5.91 Å². The van der Waals surface area contributed by atoms with Crippen LogP contribution in [0.1, 0.15) is 39.0 Å². The first-order valence-electron chi connectivity index (χ1n) is 9.68. The molecule has 4 nitrogen and oxygen atoms in total. The first-order chi connectivity index (χ1) is 13.3. The van der Waals surface area contributed by atoms with E-state index in [2.05, 4.69) is 58.0 Å². The Morgan fingerprint density at radius 3 is 2.31 bits per heavy atom. The molecule has 0 fully saturated rings. The van der Waals surface area contributed by atoms with Crippen molar-refractivity contribution in [3.05, 3.63) is 58.1 Å². The molecule has 1 amide bonds. The summed E-state index contributed by atoms with van der Waals surface area (Å²) >= 11 is 1.60. The molecule has 6 heteroatoms. The van der Waals surface area contributed by atoms with E-state index in [1.54, 1.807) is 11.3 Å². The number of fused-ring (bicyclic) bond motifs is 1. The van der Waals surface area contributed by atoms with Crippen molar-refractivity contribution in [2.24, 2.45) is 0 Å². The summed E-state index contributed by atoms with van der Waals surface area (Å²) in [4.78, 5) is 22.3. The van der Waals surface area contributed by atoms with Crippen molar-refractivity contribution in [1.82, 2.24) is 9.88 Å². The van der Waals surface area contributed by atoms with Gasteiger partial charge in [0.15, 0.2) is 5.13 Å². The Morgan fingerprint density at radius 1 is 0.966 bits per heavy atom. The van der Waals surface area contributed by atoms with Crippen molar-refractivity contribution in [1.29, 1.82) is 0 Å². The van der Waals surface area contributed by atoms with Crippen molar-refractivity contribution in [3.63, 3.8) is 0 Å². The van der Waals surface area contributed by atoms with Crippen LogP contribution >= 0.6 is 23.7 Å². The number of benzene rings is 2. The van der Waals surface area contributed by atoms with Crippen molar-refractivity contribution in [2.75, 3.05) is 32.1 Å². The summed E-state index contributed by atoms with van der Waals surface area (Å²) in [5, 5.41) is 0.785. The van der Waals surface area contributed by atoms with Gasteiger partial charge in [0.1, 0.15) is 0 Å². The molecule has 0 N–H and O–H groups in total. The Hall–Kier alpha value is -1.95. The maximum atomic E-state index is 13.5. The highest BCUT2D eigenvalue weighted by molar-refractivity contribution is 7.22. The van der Waals surface area contributed by atoms with Gasteiger partial charge in [-0.3, -0.25) is 9.69 Å². The summed E-state index contributed by atoms with van der Waals surface area (Å²) in [6.45, 7) is 9.82. The van der Waals surface area contributed by atoms with Crippen LogP contribution < -0.4 is 4.90 Å². The first kappa shape index (κ1) is 23.3. The third-order valence-electron chi connectivity index (χ3n) is 4.89. The Balaban J connectivity index is 0.00000300. The van der Waals surface area contributed by atoms with Gasteiger partial charge >= 0.3 is 0 Å². The molecule has 0 unspecified atom stereocenters. The van der Waals surface area contributed by atoms with Crippen molar-refractivity contribution in [2.45, 2.75) is 34.1 Å². The van der Waals surface area contributed by atoms with Gasteiger partial charge in [-0.25, -0.2) is 4.98 Å². The second kappa shape index (κ2) is 9.70. The Labute approximate surface area is 184 Å². The molecule has 3 rings (SSSR count). The molecular weight excluding hydrogens is 402 g/mol. The largest absolute Gasteiger partial charge is 0.309 e. The monoisotopic (exact) mass is 431 g/mol. The molecule has 1 aromatic heterocycles. The molecule has 29 heavy (non-hydrogen) atoms. The molecule has 0 aliphatic carbocycles. The second-order valence-corrected chi connectivity index (χ2v) is 8.87. The molecule has 0 radical (unpaired) electrons. The van der Waals surface area contributed by atoms with E-state index in [1.807, 2.05) is 24.0 Å². The van der Waals surface area contributed by atoms with Crippen molar-refractivity contribution < 1.29 is 4.79 Å². The van der Waals surface area contributed by atoms with Crippen LogP contribution in [-0.4, -0.2) is 43.0 Å². The molecule has 0 bridgehead atoms. The fraction of sp³-hybridized carbons (Fsp3) is 0.391. The molecule has 3 aromatic rings. The maximum absolute atomic E-state index is 13.5. The molecule has 0 saturated carbocycles. The molecule has 0 saturated heterocycles. The minimum atomic E-state index is 0. The molecule has 0 aliphatic heterocycles. The van der Waals surface area contributed by atoms with Gasteiger partial charge in [0.2, 0.25) is 0 Å². The molecular formula is C23H30ClN3OS. The van der Waals surface area contributed by atoms with Crippen molar-refractivity contribution >= 4 is 45.0 Å². The Kier molecular flexibility index (Phi) is 7.80. The fourth-order valence-corrected chi connectivity index (χ4v) is 4.67. The standard InChI is InChI=1S/C23H29N3OS.ClH/c1-15-8-9-19(17(3)12-15)22(27)26(11-7-10-25(5)6)23-24-21-18(4)13-16(2)14-20(21)28-23;/h8-9,12-14H,7,10-11H2,1-6H3;1H. The quantitative estimate of drug-likeness (QED) is 0.513. The number of amides is 1. The van der Waals surface area contributed by atoms with Gasteiger partial charge in [-0.1, -0.05) is 35.1 Å². The van der Waals surface area contributed by atoms with Gasteiger partial charge in [-0.2, -0.15) is 0 Å². The lowest BCUT2D eigenvalue weighted by Gasteiger charge is -2.22. The summed E-state index contributed by atoms with van der Waals surface area (Å²) in [7, 11) is 4.11. The smallest absolute Gasteiger partial charge is 0.260 e. The highest BCUT2D eigenvalue weighted by Gasteiger charge is 2.23. The van der Waals surface area contributed by atoms with E-state index in [0.29, 0.717) is 6.54 Å². The minimum absolute atomic E-state index is 0. The van der Waals surface area contributed by atoms with Gasteiger partial charge in [0, 0.05) is 12.1 Å². The lowest BCUT2D eigenvalue weighted by molar-refractivity contribution is 0.0985. The number of anilines is 1. The van der Waals surface area contributed by atoms with Gasteiger partial charge < -0.3 is 4.90 Å². The first-order valence-corrected chi connectivity index (χ1v) is 10.5. The number of nitrogens with zero attached hydrogens (tertiary/aromatic N) is 3. The third kappa shape index (κ3) is 5.35. The van der Waals surface area contributed by atoms with Gasteiger partial charge in [0.05, 0.1) is 10.2 Å². The topological polar surface area (TPSA) is 36.4 Å². The number of aromatic nitrogens is 1. The third-order valence-corrected chi connectivity index (χ3v) is 5.92. The van der Waals surface area contributed by atoms with E-state index in [1.165, 1.54) is 11.1 Å². The van der Waals surface area contributed by atoms with Crippen LogP contribution in [0.25, 0.3) is 10.2 Å². The molecule has 1 heterocycles. The highest BCUT2D eigenvalue weighted by atomic mass is 35.5. The lowest BCUT2D eigenvalue weighted by Crippen LogP contribution is -2.33. The predicted octanol–water partition coefficient (Wildman–Crippen LogP) is 5.55. The zero-order valence-corrected chi connectivity index (χ0v) is 19.7. The van der Waals surface area contributed by atoms with Crippen LogP contribution in [0.4, 0.5) is 5.13 Å². The highest BCUT2D eigenvalue weighted by Crippen LogP contribution is 2.32. The van der Waals surface area contributed by atoms with E-state index >= 15 is 0 Å². The van der Waals surface area contributed by atoms with Crippen LogP contribution in [0.15, 0.2) is 30.3 Å². The van der Waals surface area contributed by atoms with E-state index < -0.39 is 0 Å². The predicted molar refractivity (Wildman–Crippen MR) is 127 cm³/mol. The number of halogens is 1. The molecule has 0 aliphatic rings. The van der Waals surface area contributed by atoms with Crippen LogP contribution in [-0.2, 0) is 0 Å². The maximum Gasteiger partial charge on any atom is 0.260 e. The molecule has 2 aromatic carbocycles. The zero-order chi connectivity index (χ0) is 20.4. The number of hydrogen-bond acceptors (Lipinski definition) is 4. The minimum Gasteiger partial charge on any atom is -0.309 e. The van der Waals surface area contributed by atoms with Crippen LogP contribution in [0.2, 0.25) is 0 Å². The number of thiazole rings is 1. The van der Waals surface area contributed by atoms with Crippen LogP contribution in [0.3, 0.4) is 0 Å². The second-order valence-electron chi connectivity index (χ2n) is 7.86. The lowest BCUT2D eigenvalue weighted by atomic mass is 10.0. The molecule has 0 atom stereocenters. The van der Waals surface area contributed by atoms with Crippen molar-refractivity contribution in [3.8, 4) is 0 Å². The number of rotatable bonds is 6. The molecule has 0 spiro atoms. The summed E-state index contributed by atoms with van der Waals surface area (Å²) in [5.74, 6) is 0.0321. The summed E-state index contributed by atoms with van der Waals surface area (Å²) in [6, 6.07) is 10.3. The SMILES string of the molecule is Cc1ccc(C(=O)N(CCCN(C)C)c2nc3c(C)cc(C)cc3s2)c(C)c1.Cl. The van der Waals surface area contributed by atoms with Crippen LogP contribution in [0, 0.1) is 27.7 Å². The van der Waals surface area contributed by atoms with E-state index in [4.69, 9.17) is 4.98 Å². The fourth-order valence-electron chi connectivity index (χ4n) is 3.50. The van der Waals surface area contributed by atoms with E-state index in [-0.39, 0.29) is 18.3 Å². The summed E-state index contributed by atoms with van der Waals surface area (Å²) in [5.41, 5.74) is 6.30. The molecule has 156 valence electrons. The Bertz CT molecular complexity index is 1010. The normalized spacial score (nSPS) is 11.0. The van der Waals surface area contributed by atoms with E-state index in [9.17, 15) is 4.79 Å². The average molecular weight is 432 g/mol. The zero-order valence-electron chi connectivity index (χ0n) is 18.1. The average Bonchev–Trinajstić information content (AvgIpc) is 3.02. The number of carbonyl (C=O) groups is 1. The number of hydrogen-bond donors (Lipinski definition) is 0. The summed E-state index contributed by atoms with van der Waals surface area (Å²) < 4.78 is 1.14. The number of aryl methyl sites for hydroxylation is 4. The van der Waals surface area contributed by atoms with Gasteiger partial charge in [-0.05, 0) is 83.6 Å².